The van der Waals surface area contributed by atoms with E-state index in [1.165, 1.54) is 5.56 Å². The predicted molar refractivity (Wildman–Crippen MR) is 104 cm³/mol. The molecule has 0 atom stereocenters. The van der Waals surface area contributed by atoms with Gasteiger partial charge in [-0.3, -0.25) is 4.99 Å². The highest BCUT2D eigenvalue weighted by atomic mass is 16.5. The van der Waals surface area contributed by atoms with Crippen molar-refractivity contribution >= 4 is 5.96 Å². The molecule has 2 N–H and O–H groups in total. The molecular formula is C20H27N3O3. The maximum Gasteiger partial charge on any atom is 0.191 e. The molecule has 0 aliphatic heterocycles. The van der Waals surface area contributed by atoms with Gasteiger partial charge in [0.1, 0.15) is 0 Å². The minimum absolute atomic E-state index is 0.627. The minimum Gasteiger partial charge on any atom is -0.493 e. The summed E-state index contributed by atoms with van der Waals surface area (Å²) in [5.41, 5.74) is 3.42. The van der Waals surface area contributed by atoms with Gasteiger partial charge in [0.2, 0.25) is 0 Å². The fourth-order valence-corrected chi connectivity index (χ4v) is 2.50. The van der Waals surface area contributed by atoms with E-state index in [0.717, 1.165) is 22.8 Å². The van der Waals surface area contributed by atoms with Crippen molar-refractivity contribution in [2.45, 2.75) is 19.7 Å². The number of hydrogen-bond acceptors (Lipinski definition) is 4. The highest BCUT2D eigenvalue weighted by Gasteiger charge is 2.05. The first kappa shape index (κ1) is 19.6. The second-order valence-electron chi connectivity index (χ2n) is 5.72. The van der Waals surface area contributed by atoms with Crippen LogP contribution in [0.15, 0.2) is 47.5 Å². The van der Waals surface area contributed by atoms with Crippen LogP contribution in [0.25, 0.3) is 0 Å². The third kappa shape index (κ3) is 5.67. The van der Waals surface area contributed by atoms with Gasteiger partial charge in [0.15, 0.2) is 17.5 Å². The first-order valence-electron chi connectivity index (χ1n) is 8.42. The van der Waals surface area contributed by atoms with Gasteiger partial charge in [0, 0.05) is 27.2 Å². The summed E-state index contributed by atoms with van der Waals surface area (Å²) in [6.45, 7) is 1.95. The average molecular weight is 357 g/mol. The number of benzene rings is 2. The van der Waals surface area contributed by atoms with Crippen molar-refractivity contribution in [2.24, 2.45) is 4.99 Å². The van der Waals surface area contributed by atoms with Crippen LogP contribution in [0.5, 0.6) is 11.5 Å². The maximum atomic E-state index is 5.33. The Morgan fingerprint density at radius 1 is 0.808 bits per heavy atom. The second-order valence-corrected chi connectivity index (χ2v) is 5.72. The third-order valence-corrected chi connectivity index (χ3v) is 3.93. The molecule has 0 aliphatic carbocycles. The van der Waals surface area contributed by atoms with E-state index in [1.54, 1.807) is 28.4 Å². The van der Waals surface area contributed by atoms with Gasteiger partial charge in [-0.15, -0.1) is 0 Å². The number of hydrogen-bond donors (Lipinski definition) is 2. The Labute approximate surface area is 155 Å². The molecule has 6 heteroatoms. The highest BCUT2D eigenvalue weighted by Crippen LogP contribution is 2.27. The van der Waals surface area contributed by atoms with Crippen LogP contribution in [0.4, 0.5) is 0 Å². The molecule has 0 amide bonds. The lowest BCUT2D eigenvalue weighted by molar-refractivity contribution is 0.185. The molecule has 0 aliphatic rings. The van der Waals surface area contributed by atoms with Crippen molar-refractivity contribution in [2.75, 3.05) is 28.4 Å². The average Bonchev–Trinajstić information content (AvgIpc) is 2.69. The monoisotopic (exact) mass is 357 g/mol. The normalized spacial score (nSPS) is 11.2. The third-order valence-electron chi connectivity index (χ3n) is 3.93. The molecule has 2 aromatic carbocycles. The Bertz CT molecular complexity index is 715. The van der Waals surface area contributed by atoms with Crippen molar-refractivity contribution in [1.82, 2.24) is 10.6 Å². The lowest BCUT2D eigenvalue weighted by atomic mass is 10.1. The molecular weight excluding hydrogens is 330 g/mol. The maximum absolute atomic E-state index is 5.33. The molecule has 0 radical (unpaired) electrons. The van der Waals surface area contributed by atoms with E-state index >= 15 is 0 Å². The van der Waals surface area contributed by atoms with Crippen molar-refractivity contribution in [1.29, 1.82) is 0 Å². The fourth-order valence-electron chi connectivity index (χ4n) is 2.50. The summed E-state index contributed by atoms with van der Waals surface area (Å²) in [6, 6.07) is 14.2. The molecule has 0 heterocycles. The van der Waals surface area contributed by atoms with Gasteiger partial charge in [-0.05, 0) is 28.8 Å². The minimum atomic E-state index is 0.627. The number of methoxy groups -OCH3 is 3. The van der Waals surface area contributed by atoms with Crippen LogP contribution in [-0.2, 0) is 24.4 Å². The molecule has 2 aromatic rings. The van der Waals surface area contributed by atoms with E-state index in [2.05, 4.69) is 39.9 Å². The van der Waals surface area contributed by atoms with Gasteiger partial charge in [0.25, 0.3) is 0 Å². The largest absolute Gasteiger partial charge is 0.493 e. The molecule has 0 fully saturated rings. The standard InChI is InChI=1S/C20H27N3O3/c1-21-20(22-12-15-5-7-16(8-6-15)14-24-2)23-13-17-9-10-18(25-3)19(11-17)26-4/h5-11H,12-14H2,1-4H3,(H2,21,22,23). The van der Waals surface area contributed by atoms with E-state index in [-0.39, 0.29) is 0 Å². The lowest BCUT2D eigenvalue weighted by Gasteiger charge is -2.14. The van der Waals surface area contributed by atoms with E-state index in [1.807, 2.05) is 18.2 Å². The second kappa shape index (κ2) is 10.3. The molecule has 0 saturated heterocycles. The zero-order chi connectivity index (χ0) is 18.8. The number of nitrogens with zero attached hydrogens (tertiary/aromatic N) is 1. The van der Waals surface area contributed by atoms with Gasteiger partial charge < -0.3 is 24.8 Å². The number of guanidine groups is 1. The summed E-state index contributed by atoms with van der Waals surface area (Å²) in [5.74, 6) is 2.17. The first-order chi connectivity index (χ1) is 12.7. The van der Waals surface area contributed by atoms with E-state index in [0.29, 0.717) is 25.4 Å². The van der Waals surface area contributed by atoms with Crippen LogP contribution in [0.1, 0.15) is 16.7 Å². The molecule has 0 bridgehead atoms. The van der Waals surface area contributed by atoms with Gasteiger partial charge in [0.05, 0.1) is 20.8 Å². The molecule has 6 nitrogen and oxygen atoms in total. The summed E-state index contributed by atoms with van der Waals surface area (Å²) in [5, 5.41) is 6.61. The van der Waals surface area contributed by atoms with Gasteiger partial charge in [-0.25, -0.2) is 0 Å². The molecule has 0 saturated carbocycles. The Morgan fingerprint density at radius 3 is 1.96 bits per heavy atom. The van der Waals surface area contributed by atoms with E-state index in [9.17, 15) is 0 Å². The number of rotatable bonds is 8. The van der Waals surface area contributed by atoms with Crippen LogP contribution >= 0.6 is 0 Å². The first-order valence-corrected chi connectivity index (χ1v) is 8.42. The zero-order valence-electron chi connectivity index (χ0n) is 15.8. The number of nitrogens with one attached hydrogen (secondary N) is 2. The lowest BCUT2D eigenvalue weighted by Crippen LogP contribution is -2.36. The van der Waals surface area contributed by atoms with Crippen molar-refractivity contribution in [3.05, 3.63) is 59.2 Å². The fraction of sp³-hybridized carbons (Fsp3) is 0.350. The van der Waals surface area contributed by atoms with Gasteiger partial charge in [-0.2, -0.15) is 0 Å². The predicted octanol–water partition coefficient (Wildman–Crippen LogP) is 2.72. The van der Waals surface area contributed by atoms with Crippen LogP contribution < -0.4 is 20.1 Å². The van der Waals surface area contributed by atoms with Crippen molar-refractivity contribution in [3.63, 3.8) is 0 Å². The Balaban J connectivity index is 1.87. The summed E-state index contributed by atoms with van der Waals surface area (Å²) < 4.78 is 15.7. The van der Waals surface area contributed by atoms with Crippen molar-refractivity contribution < 1.29 is 14.2 Å². The van der Waals surface area contributed by atoms with Gasteiger partial charge in [-0.1, -0.05) is 30.3 Å². The summed E-state index contributed by atoms with van der Waals surface area (Å²) >= 11 is 0. The Morgan fingerprint density at radius 2 is 1.38 bits per heavy atom. The molecule has 26 heavy (non-hydrogen) atoms. The summed E-state index contributed by atoms with van der Waals surface area (Å²) in [6.07, 6.45) is 0. The van der Waals surface area contributed by atoms with E-state index in [4.69, 9.17) is 14.2 Å². The molecule has 2 rings (SSSR count). The van der Waals surface area contributed by atoms with E-state index < -0.39 is 0 Å². The Hall–Kier alpha value is -2.73. The SMILES string of the molecule is CN=C(NCc1ccc(COC)cc1)NCc1ccc(OC)c(OC)c1. The smallest absolute Gasteiger partial charge is 0.191 e. The number of ether oxygens (including phenoxy) is 3. The quantitative estimate of drug-likeness (QED) is 0.562. The van der Waals surface area contributed by atoms with Crippen LogP contribution in [0.2, 0.25) is 0 Å². The summed E-state index contributed by atoms with van der Waals surface area (Å²) in [4.78, 5) is 4.26. The zero-order valence-corrected chi connectivity index (χ0v) is 15.8. The number of aliphatic imine (C=N–C) groups is 1. The topological polar surface area (TPSA) is 64.1 Å². The molecule has 0 unspecified atom stereocenters. The highest BCUT2D eigenvalue weighted by molar-refractivity contribution is 5.79. The molecule has 0 spiro atoms. The Kier molecular flexibility index (Phi) is 7.76. The van der Waals surface area contributed by atoms with Crippen LogP contribution in [-0.4, -0.2) is 34.3 Å². The molecule has 140 valence electrons. The van der Waals surface area contributed by atoms with Crippen molar-refractivity contribution in [3.8, 4) is 11.5 Å². The van der Waals surface area contributed by atoms with Crippen LogP contribution in [0.3, 0.4) is 0 Å². The van der Waals surface area contributed by atoms with Crippen LogP contribution in [0, 0.1) is 0 Å². The van der Waals surface area contributed by atoms with Gasteiger partial charge >= 0.3 is 0 Å². The molecule has 0 aromatic heterocycles. The summed E-state index contributed by atoms with van der Waals surface area (Å²) in [7, 11) is 6.71.